The van der Waals surface area contributed by atoms with Gasteiger partial charge in [0.1, 0.15) is 5.75 Å². The van der Waals surface area contributed by atoms with Crippen LogP contribution in [0.2, 0.25) is 0 Å². The molecule has 0 atom stereocenters. The molecule has 0 fully saturated rings. The van der Waals surface area contributed by atoms with Crippen LogP contribution in [0.25, 0.3) is 0 Å². The van der Waals surface area contributed by atoms with Crippen LogP contribution in [0.1, 0.15) is 45.5 Å². The highest BCUT2D eigenvalue weighted by Gasteiger charge is 2.25. The Bertz CT molecular complexity index is 590. The molecule has 0 bridgehead atoms. The summed E-state index contributed by atoms with van der Waals surface area (Å²) in [6, 6.07) is 3.07. The monoisotopic (exact) mass is 292 g/mol. The van der Waals surface area contributed by atoms with Gasteiger partial charge >= 0.3 is 11.9 Å². The van der Waals surface area contributed by atoms with Crippen LogP contribution in [0.3, 0.4) is 0 Å². The van der Waals surface area contributed by atoms with E-state index in [1.54, 1.807) is 6.07 Å². The Balaban J connectivity index is 2.32. The van der Waals surface area contributed by atoms with E-state index in [0.29, 0.717) is 30.8 Å². The number of ether oxygens (including phenoxy) is 2. The van der Waals surface area contributed by atoms with Gasteiger partial charge in [0.05, 0.1) is 25.7 Å². The van der Waals surface area contributed by atoms with Crippen LogP contribution in [-0.2, 0) is 16.0 Å². The summed E-state index contributed by atoms with van der Waals surface area (Å²) in [5.41, 5.74) is 0.662. The Morgan fingerprint density at radius 1 is 1.29 bits per heavy atom. The van der Waals surface area contributed by atoms with Crippen molar-refractivity contribution in [3.63, 3.8) is 0 Å². The summed E-state index contributed by atoms with van der Waals surface area (Å²) in [5.74, 6) is -1.52. The molecule has 6 heteroatoms. The maximum Gasteiger partial charge on any atom is 0.336 e. The molecular weight excluding hydrogens is 276 g/mol. The second-order valence-electron chi connectivity index (χ2n) is 4.72. The number of benzene rings is 1. The van der Waals surface area contributed by atoms with Crippen molar-refractivity contribution in [1.82, 2.24) is 0 Å². The highest BCUT2D eigenvalue weighted by atomic mass is 16.5. The number of carboxylic acid groups (broad SMARTS) is 1. The van der Waals surface area contributed by atoms with E-state index in [1.165, 1.54) is 13.2 Å². The van der Waals surface area contributed by atoms with E-state index in [4.69, 9.17) is 4.74 Å². The molecule has 0 aromatic heterocycles. The second kappa shape index (κ2) is 6.39. The first-order valence-corrected chi connectivity index (χ1v) is 6.66. The average molecular weight is 292 g/mol. The van der Waals surface area contributed by atoms with Gasteiger partial charge in [-0.3, -0.25) is 9.59 Å². The lowest BCUT2D eigenvalue weighted by Crippen LogP contribution is -2.18. The maximum atomic E-state index is 12.2. The molecule has 0 amide bonds. The minimum absolute atomic E-state index is 0.0120. The summed E-state index contributed by atoms with van der Waals surface area (Å²) < 4.78 is 9.89. The number of Topliss-reactive ketones (excluding diaryl/α,β-unsaturated/α-hetero) is 1. The number of methoxy groups -OCH3 is 1. The molecule has 0 saturated carbocycles. The summed E-state index contributed by atoms with van der Waals surface area (Å²) in [6.45, 7) is 0.543. The van der Waals surface area contributed by atoms with E-state index < -0.39 is 11.9 Å². The van der Waals surface area contributed by atoms with E-state index in [1.807, 2.05) is 0 Å². The number of fused-ring (bicyclic) bond motifs is 1. The van der Waals surface area contributed by atoms with Gasteiger partial charge in [-0.25, -0.2) is 4.79 Å². The van der Waals surface area contributed by atoms with Crippen LogP contribution >= 0.6 is 0 Å². The Labute approximate surface area is 121 Å². The molecule has 0 aliphatic carbocycles. The first-order chi connectivity index (χ1) is 10.0. The number of carboxylic acids is 1. The molecule has 1 aromatic carbocycles. The highest BCUT2D eigenvalue weighted by Crippen LogP contribution is 2.31. The molecule has 1 aliphatic rings. The molecule has 1 aromatic rings. The molecule has 0 unspecified atom stereocenters. The Kier molecular flexibility index (Phi) is 4.57. The fourth-order valence-electron chi connectivity index (χ4n) is 2.37. The lowest BCUT2D eigenvalue weighted by Gasteiger charge is -2.20. The van der Waals surface area contributed by atoms with Gasteiger partial charge in [0.2, 0.25) is 0 Å². The van der Waals surface area contributed by atoms with Crippen LogP contribution in [0.4, 0.5) is 0 Å². The predicted octanol–water partition coefficient (Wildman–Crippen LogP) is 1.85. The lowest BCUT2D eigenvalue weighted by molar-refractivity contribution is -0.140. The zero-order chi connectivity index (χ0) is 15.4. The molecule has 0 saturated heterocycles. The summed E-state index contributed by atoms with van der Waals surface area (Å²) >= 11 is 0. The number of esters is 1. The van der Waals surface area contributed by atoms with E-state index in [0.717, 1.165) is 0 Å². The number of rotatable bonds is 5. The lowest BCUT2D eigenvalue weighted by atomic mass is 9.92. The molecule has 2 rings (SSSR count). The zero-order valence-corrected chi connectivity index (χ0v) is 11.7. The number of carbonyl (C=O) groups excluding carboxylic acids is 2. The fraction of sp³-hybridized carbons (Fsp3) is 0.400. The van der Waals surface area contributed by atoms with Crippen LogP contribution in [0.15, 0.2) is 12.1 Å². The molecule has 0 radical (unpaired) electrons. The van der Waals surface area contributed by atoms with Gasteiger partial charge in [0.25, 0.3) is 0 Å². The van der Waals surface area contributed by atoms with Crippen molar-refractivity contribution >= 4 is 17.7 Å². The SMILES string of the molecule is COC(=O)CCC(=O)c1ccc2c(c1C(=O)O)CCCO2. The van der Waals surface area contributed by atoms with E-state index in [2.05, 4.69) is 4.74 Å². The van der Waals surface area contributed by atoms with Crippen molar-refractivity contribution in [2.75, 3.05) is 13.7 Å². The van der Waals surface area contributed by atoms with Gasteiger partial charge in [-0.15, -0.1) is 0 Å². The highest BCUT2D eigenvalue weighted by molar-refractivity contribution is 6.07. The van der Waals surface area contributed by atoms with Crippen LogP contribution in [-0.4, -0.2) is 36.5 Å². The molecule has 112 valence electrons. The van der Waals surface area contributed by atoms with Crippen molar-refractivity contribution < 1.29 is 29.0 Å². The number of hydrogen-bond acceptors (Lipinski definition) is 5. The molecule has 1 N–H and O–H groups in total. The minimum Gasteiger partial charge on any atom is -0.493 e. The molecule has 6 nitrogen and oxygen atoms in total. The number of carbonyl (C=O) groups is 3. The minimum atomic E-state index is -1.15. The molecule has 1 aliphatic heterocycles. The maximum absolute atomic E-state index is 12.2. The summed E-state index contributed by atoms with van der Waals surface area (Å²) in [5, 5.41) is 9.39. The summed E-state index contributed by atoms with van der Waals surface area (Å²) in [6.07, 6.45) is 1.14. The zero-order valence-electron chi connectivity index (χ0n) is 11.7. The van der Waals surface area contributed by atoms with Gasteiger partial charge in [0.15, 0.2) is 5.78 Å². The molecular formula is C15H16O6. The smallest absolute Gasteiger partial charge is 0.336 e. The van der Waals surface area contributed by atoms with Crippen molar-refractivity contribution in [2.45, 2.75) is 25.7 Å². The van der Waals surface area contributed by atoms with Gasteiger partial charge in [-0.05, 0) is 25.0 Å². The van der Waals surface area contributed by atoms with Crippen molar-refractivity contribution in [3.05, 3.63) is 28.8 Å². The third-order valence-corrected chi connectivity index (χ3v) is 3.40. The van der Waals surface area contributed by atoms with Crippen molar-refractivity contribution in [2.24, 2.45) is 0 Å². The quantitative estimate of drug-likeness (QED) is 0.658. The van der Waals surface area contributed by atoms with Crippen molar-refractivity contribution in [3.8, 4) is 5.75 Å². The van der Waals surface area contributed by atoms with E-state index in [-0.39, 0.29) is 29.8 Å². The van der Waals surface area contributed by atoms with Crippen LogP contribution in [0, 0.1) is 0 Å². The van der Waals surface area contributed by atoms with Crippen LogP contribution < -0.4 is 4.74 Å². The largest absolute Gasteiger partial charge is 0.493 e. The standard InChI is InChI=1S/C15H16O6/c1-20-13(17)7-5-11(16)9-4-6-12-10(3-2-8-21-12)14(9)15(18)19/h4,6H,2-3,5,7-8H2,1H3,(H,18,19). The van der Waals surface area contributed by atoms with Gasteiger partial charge in [0, 0.05) is 17.5 Å². The van der Waals surface area contributed by atoms with Gasteiger partial charge < -0.3 is 14.6 Å². The first-order valence-electron chi connectivity index (χ1n) is 6.66. The molecule has 0 spiro atoms. The fourth-order valence-corrected chi connectivity index (χ4v) is 2.37. The van der Waals surface area contributed by atoms with Crippen LogP contribution in [0.5, 0.6) is 5.75 Å². The molecule has 1 heterocycles. The van der Waals surface area contributed by atoms with Gasteiger partial charge in [-0.2, -0.15) is 0 Å². The normalized spacial score (nSPS) is 13.0. The Hall–Kier alpha value is -2.37. The Morgan fingerprint density at radius 2 is 2.05 bits per heavy atom. The second-order valence-corrected chi connectivity index (χ2v) is 4.72. The first kappa shape index (κ1) is 15.0. The third-order valence-electron chi connectivity index (χ3n) is 3.40. The number of hydrogen-bond donors (Lipinski definition) is 1. The average Bonchev–Trinajstić information content (AvgIpc) is 2.50. The van der Waals surface area contributed by atoms with Crippen molar-refractivity contribution in [1.29, 1.82) is 0 Å². The topological polar surface area (TPSA) is 89.9 Å². The van der Waals surface area contributed by atoms with E-state index in [9.17, 15) is 19.5 Å². The Morgan fingerprint density at radius 3 is 2.71 bits per heavy atom. The third kappa shape index (κ3) is 3.21. The number of aromatic carboxylic acids is 1. The summed E-state index contributed by atoms with van der Waals surface area (Å²) in [7, 11) is 1.24. The van der Waals surface area contributed by atoms with E-state index >= 15 is 0 Å². The molecule has 21 heavy (non-hydrogen) atoms. The summed E-state index contributed by atoms with van der Waals surface area (Å²) in [4.78, 5) is 34.7. The van der Waals surface area contributed by atoms with Gasteiger partial charge in [-0.1, -0.05) is 0 Å². The predicted molar refractivity (Wildman–Crippen MR) is 72.8 cm³/mol. The number of ketones is 1.